The lowest BCUT2D eigenvalue weighted by Gasteiger charge is -2.24. The van der Waals surface area contributed by atoms with Gasteiger partial charge in [0.15, 0.2) is 0 Å². The molecular weight excluding hydrogens is 336 g/mol. The topological polar surface area (TPSA) is 80.0 Å². The van der Waals surface area contributed by atoms with Crippen molar-refractivity contribution in [2.45, 2.75) is 33.2 Å². The lowest BCUT2D eigenvalue weighted by Crippen LogP contribution is -2.48. The van der Waals surface area contributed by atoms with Crippen LogP contribution < -0.4 is 16.4 Å². The molecule has 5 heteroatoms. The highest BCUT2D eigenvalue weighted by atomic mass is 16.1. The largest absolute Gasteiger partial charge is 0.355 e. The maximum atomic E-state index is 12.6. The monoisotopic (exact) mass is 362 g/mol. The molecule has 140 valence electrons. The molecule has 0 spiro atoms. The number of aryl methyl sites for hydroxylation is 2. The Morgan fingerprint density at radius 3 is 2.56 bits per heavy atom. The third-order valence-electron chi connectivity index (χ3n) is 4.58. The molecule has 0 aliphatic rings. The number of fused-ring (bicyclic) bond motifs is 1. The van der Waals surface area contributed by atoms with Crippen molar-refractivity contribution in [3.63, 3.8) is 0 Å². The van der Waals surface area contributed by atoms with Crippen LogP contribution in [0.4, 0.5) is 11.4 Å². The van der Waals surface area contributed by atoms with Gasteiger partial charge in [0.2, 0.25) is 0 Å². The molecule has 1 amide bonds. The van der Waals surface area contributed by atoms with Crippen LogP contribution in [0.25, 0.3) is 10.9 Å². The smallest absolute Gasteiger partial charge is 0.251 e. The SMILES string of the molecule is Cc1cc(Nc2cc(C(=O)NC(C)(C)CN)ccc2C)c2ccccc2n1. The second-order valence-electron chi connectivity index (χ2n) is 7.53. The van der Waals surface area contributed by atoms with Crippen LogP contribution in [0.3, 0.4) is 0 Å². The first kappa shape index (κ1) is 18.9. The Balaban J connectivity index is 1.96. The third-order valence-corrected chi connectivity index (χ3v) is 4.58. The minimum absolute atomic E-state index is 0.135. The van der Waals surface area contributed by atoms with Crippen LogP contribution in [0.2, 0.25) is 0 Å². The molecule has 0 saturated heterocycles. The molecule has 0 bridgehead atoms. The van der Waals surface area contributed by atoms with Crippen LogP contribution in [-0.2, 0) is 0 Å². The average molecular weight is 362 g/mol. The Morgan fingerprint density at radius 1 is 1.07 bits per heavy atom. The first-order valence-corrected chi connectivity index (χ1v) is 9.06. The van der Waals surface area contributed by atoms with Crippen molar-refractivity contribution in [1.82, 2.24) is 10.3 Å². The molecular formula is C22H26N4O. The lowest BCUT2D eigenvalue weighted by molar-refractivity contribution is 0.0916. The molecule has 5 nitrogen and oxygen atoms in total. The maximum absolute atomic E-state index is 12.6. The van der Waals surface area contributed by atoms with E-state index in [2.05, 4.69) is 15.6 Å². The van der Waals surface area contributed by atoms with Crippen LogP contribution in [0.5, 0.6) is 0 Å². The fraction of sp³-hybridized carbons (Fsp3) is 0.273. The molecule has 0 aliphatic heterocycles. The Hall–Kier alpha value is -2.92. The summed E-state index contributed by atoms with van der Waals surface area (Å²) >= 11 is 0. The van der Waals surface area contributed by atoms with E-state index in [0.717, 1.165) is 33.5 Å². The van der Waals surface area contributed by atoms with Crippen molar-refractivity contribution >= 4 is 28.2 Å². The van der Waals surface area contributed by atoms with Crippen molar-refractivity contribution < 1.29 is 4.79 Å². The van der Waals surface area contributed by atoms with E-state index in [9.17, 15) is 4.79 Å². The Bertz CT molecular complexity index is 995. The van der Waals surface area contributed by atoms with Gasteiger partial charge in [-0.1, -0.05) is 24.3 Å². The summed E-state index contributed by atoms with van der Waals surface area (Å²) in [7, 11) is 0. The van der Waals surface area contributed by atoms with Gasteiger partial charge < -0.3 is 16.4 Å². The number of nitrogens with one attached hydrogen (secondary N) is 2. The number of amides is 1. The van der Waals surface area contributed by atoms with E-state index in [1.54, 1.807) is 0 Å². The number of benzene rings is 2. The summed E-state index contributed by atoms with van der Waals surface area (Å²) in [4.78, 5) is 17.2. The van der Waals surface area contributed by atoms with Crippen LogP contribution in [0, 0.1) is 13.8 Å². The zero-order chi connectivity index (χ0) is 19.6. The zero-order valence-electron chi connectivity index (χ0n) is 16.3. The number of rotatable bonds is 5. The summed E-state index contributed by atoms with van der Waals surface area (Å²) in [6.45, 7) is 8.18. The Labute approximate surface area is 160 Å². The number of hydrogen-bond donors (Lipinski definition) is 3. The molecule has 2 aromatic carbocycles. The van der Waals surface area contributed by atoms with Gasteiger partial charge in [0.25, 0.3) is 5.91 Å². The van der Waals surface area contributed by atoms with Gasteiger partial charge in [0, 0.05) is 40.1 Å². The van der Waals surface area contributed by atoms with Crippen LogP contribution in [-0.4, -0.2) is 23.0 Å². The zero-order valence-corrected chi connectivity index (χ0v) is 16.3. The first-order chi connectivity index (χ1) is 12.8. The standard InChI is InChI=1S/C22H26N4O/c1-14-9-10-16(21(27)26-22(3,4)13-23)12-19(14)25-20-11-15(2)24-18-8-6-5-7-17(18)20/h5-12H,13,23H2,1-4H3,(H,24,25)(H,26,27). The van der Waals surface area contributed by atoms with Gasteiger partial charge in [0.1, 0.15) is 0 Å². The van der Waals surface area contributed by atoms with Gasteiger partial charge in [-0.25, -0.2) is 0 Å². The molecule has 0 saturated carbocycles. The van der Waals surface area contributed by atoms with Gasteiger partial charge in [-0.15, -0.1) is 0 Å². The molecule has 1 heterocycles. The molecule has 0 fully saturated rings. The maximum Gasteiger partial charge on any atom is 0.251 e. The molecule has 0 unspecified atom stereocenters. The second kappa shape index (κ2) is 7.37. The van der Waals surface area contributed by atoms with Crippen LogP contribution >= 0.6 is 0 Å². The van der Waals surface area contributed by atoms with Crippen molar-refractivity contribution in [1.29, 1.82) is 0 Å². The number of anilines is 2. The summed E-state index contributed by atoms with van der Waals surface area (Å²) in [6.07, 6.45) is 0. The molecule has 0 radical (unpaired) electrons. The number of para-hydroxylation sites is 1. The third kappa shape index (κ3) is 4.26. The molecule has 0 atom stereocenters. The van der Waals surface area contributed by atoms with Gasteiger partial charge in [0.05, 0.1) is 5.52 Å². The number of aromatic nitrogens is 1. The predicted molar refractivity (Wildman–Crippen MR) is 112 cm³/mol. The highest BCUT2D eigenvalue weighted by Crippen LogP contribution is 2.28. The number of nitrogens with zero attached hydrogens (tertiary/aromatic N) is 1. The number of pyridine rings is 1. The van der Waals surface area contributed by atoms with E-state index in [1.807, 2.05) is 76.2 Å². The van der Waals surface area contributed by atoms with Crippen molar-refractivity contribution in [3.05, 3.63) is 65.4 Å². The normalized spacial score (nSPS) is 11.4. The molecule has 1 aromatic heterocycles. The van der Waals surface area contributed by atoms with E-state index in [4.69, 9.17) is 5.73 Å². The Kier molecular flexibility index (Phi) is 5.15. The van der Waals surface area contributed by atoms with Gasteiger partial charge >= 0.3 is 0 Å². The number of carbonyl (C=O) groups is 1. The van der Waals surface area contributed by atoms with Crippen molar-refractivity contribution in [3.8, 4) is 0 Å². The van der Waals surface area contributed by atoms with E-state index in [1.165, 1.54) is 0 Å². The molecule has 0 aliphatic carbocycles. The van der Waals surface area contributed by atoms with E-state index < -0.39 is 5.54 Å². The average Bonchev–Trinajstić information content (AvgIpc) is 2.63. The van der Waals surface area contributed by atoms with Gasteiger partial charge in [-0.2, -0.15) is 0 Å². The van der Waals surface area contributed by atoms with Gasteiger partial charge in [-0.3, -0.25) is 9.78 Å². The molecule has 3 rings (SSSR count). The minimum Gasteiger partial charge on any atom is -0.355 e. The number of hydrogen-bond acceptors (Lipinski definition) is 4. The molecule has 3 aromatic rings. The summed E-state index contributed by atoms with van der Waals surface area (Å²) in [5.74, 6) is -0.135. The van der Waals surface area contributed by atoms with Gasteiger partial charge in [-0.05, 0) is 57.5 Å². The molecule has 27 heavy (non-hydrogen) atoms. The quantitative estimate of drug-likeness (QED) is 0.639. The lowest BCUT2D eigenvalue weighted by atomic mass is 10.0. The first-order valence-electron chi connectivity index (χ1n) is 9.06. The van der Waals surface area contributed by atoms with E-state index >= 15 is 0 Å². The predicted octanol–water partition coefficient (Wildman–Crippen LogP) is 4.06. The summed E-state index contributed by atoms with van der Waals surface area (Å²) in [5, 5.41) is 7.50. The Morgan fingerprint density at radius 2 is 1.81 bits per heavy atom. The number of carbonyl (C=O) groups excluding carboxylic acids is 1. The minimum atomic E-state index is -0.450. The van der Waals surface area contributed by atoms with Crippen molar-refractivity contribution in [2.75, 3.05) is 11.9 Å². The fourth-order valence-corrected chi connectivity index (χ4v) is 2.88. The summed E-state index contributed by atoms with van der Waals surface area (Å²) in [5.41, 5.74) is 10.7. The highest BCUT2D eigenvalue weighted by molar-refractivity contribution is 5.97. The van der Waals surface area contributed by atoms with E-state index in [0.29, 0.717) is 12.1 Å². The fourth-order valence-electron chi connectivity index (χ4n) is 2.88. The summed E-state index contributed by atoms with van der Waals surface area (Å²) in [6, 6.07) is 15.7. The molecule has 4 N–H and O–H groups in total. The second-order valence-corrected chi connectivity index (χ2v) is 7.53. The van der Waals surface area contributed by atoms with Crippen molar-refractivity contribution in [2.24, 2.45) is 5.73 Å². The van der Waals surface area contributed by atoms with Crippen LogP contribution in [0.15, 0.2) is 48.5 Å². The summed E-state index contributed by atoms with van der Waals surface area (Å²) < 4.78 is 0. The number of nitrogens with two attached hydrogens (primary N) is 1. The highest BCUT2D eigenvalue weighted by Gasteiger charge is 2.19. The van der Waals surface area contributed by atoms with Crippen LogP contribution in [0.1, 0.15) is 35.5 Å². The van der Waals surface area contributed by atoms with E-state index in [-0.39, 0.29) is 5.91 Å².